The third kappa shape index (κ3) is 4.15. The first kappa shape index (κ1) is 13.0. The van der Waals surface area contributed by atoms with Gasteiger partial charge in [-0.05, 0) is 37.1 Å². The lowest BCUT2D eigenvalue weighted by Crippen LogP contribution is -2.26. The quantitative estimate of drug-likeness (QED) is 0.790. The summed E-state index contributed by atoms with van der Waals surface area (Å²) in [5.74, 6) is -0.850. The van der Waals surface area contributed by atoms with Gasteiger partial charge in [-0.2, -0.15) is 5.26 Å². The predicted molar refractivity (Wildman–Crippen MR) is 66.0 cm³/mol. The maximum atomic E-state index is 10.6. The first-order valence-electron chi connectivity index (χ1n) is 5.45. The van der Waals surface area contributed by atoms with Crippen molar-refractivity contribution in [3.05, 3.63) is 29.3 Å². The Morgan fingerprint density at radius 3 is 2.41 bits per heavy atom. The molecular weight excluding hydrogens is 216 g/mol. The van der Waals surface area contributed by atoms with E-state index in [1.54, 1.807) is 4.90 Å². The highest BCUT2D eigenvalue weighted by atomic mass is 16.4. The minimum Gasteiger partial charge on any atom is -0.481 e. The summed E-state index contributed by atoms with van der Waals surface area (Å²) in [6, 6.07) is 8.04. The summed E-state index contributed by atoms with van der Waals surface area (Å²) in [4.78, 5) is 12.3. The number of carboxylic acid groups (broad SMARTS) is 1. The van der Waals surface area contributed by atoms with Gasteiger partial charge in [-0.25, -0.2) is 0 Å². The first-order valence-corrected chi connectivity index (χ1v) is 5.45. The lowest BCUT2D eigenvalue weighted by Gasteiger charge is -2.21. The molecular formula is C13H16N2O2. The SMILES string of the molecule is Cc1cc(C)cc(N(CC#N)CCC(=O)O)c1. The second kappa shape index (κ2) is 5.90. The lowest BCUT2D eigenvalue weighted by atomic mass is 10.1. The van der Waals surface area contributed by atoms with Gasteiger partial charge in [0, 0.05) is 12.2 Å². The smallest absolute Gasteiger partial charge is 0.305 e. The number of nitrogens with zero attached hydrogens (tertiary/aromatic N) is 2. The van der Waals surface area contributed by atoms with Crippen molar-refractivity contribution in [2.75, 3.05) is 18.0 Å². The molecule has 1 N–H and O–H groups in total. The third-order valence-electron chi connectivity index (χ3n) is 2.43. The van der Waals surface area contributed by atoms with E-state index in [-0.39, 0.29) is 13.0 Å². The molecule has 0 aromatic heterocycles. The number of anilines is 1. The van der Waals surface area contributed by atoms with E-state index < -0.39 is 5.97 Å². The Hall–Kier alpha value is -2.02. The van der Waals surface area contributed by atoms with Crippen molar-refractivity contribution in [3.8, 4) is 6.07 Å². The average Bonchev–Trinajstić information content (AvgIpc) is 2.22. The molecule has 0 unspecified atom stereocenters. The molecule has 0 aliphatic rings. The van der Waals surface area contributed by atoms with Gasteiger partial charge < -0.3 is 10.0 Å². The standard InChI is InChI=1S/C13H16N2O2/c1-10-7-11(2)9-12(8-10)15(6-4-14)5-3-13(16)17/h7-9H,3,5-6H2,1-2H3,(H,16,17). The lowest BCUT2D eigenvalue weighted by molar-refractivity contribution is -0.136. The van der Waals surface area contributed by atoms with E-state index >= 15 is 0 Å². The molecule has 0 aliphatic heterocycles. The monoisotopic (exact) mass is 232 g/mol. The number of carbonyl (C=O) groups is 1. The van der Waals surface area contributed by atoms with Crippen LogP contribution in [0.5, 0.6) is 0 Å². The Morgan fingerprint density at radius 2 is 1.94 bits per heavy atom. The average molecular weight is 232 g/mol. The van der Waals surface area contributed by atoms with E-state index in [9.17, 15) is 4.79 Å². The highest BCUT2D eigenvalue weighted by Gasteiger charge is 2.09. The fraction of sp³-hybridized carbons (Fsp3) is 0.385. The molecule has 0 heterocycles. The molecule has 4 heteroatoms. The maximum absolute atomic E-state index is 10.6. The van der Waals surface area contributed by atoms with E-state index in [1.165, 1.54) is 0 Å². The normalized spacial score (nSPS) is 9.71. The number of carboxylic acids is 1. The number of hydrogen-bond donors (Lipinski definition) is 1. The van der Waals surface area contributed by atoms with Crippen molar-refractivity contribution in [2.24, 2.45) is 0 Å². The molecule has 0 saturated carbocycles. The zero-order chi connectivity index (χ0) is 12.8. The van der Waals surface area contributed by atoms with E-state index in [2.05, 4.69) is 6.07 Å². The summed E-state index contributed by atoms with van der Waals surface area (Å²) in [7, 11) is 0. The van der Waals surface area contributed by atoms with Crippen LogP contribution in [0.15, 0.2) is 18.2 Å². The van der Waals surface area contributed by atoms with Gasteiger partial charge in [0.1, 0.15) is 6.54 Å². The molecule has 4 nitrogen and oxygen atoms in total. The summed E-state index contributed by atoms with van der Waals surface area (Å²) in [5, 5.41) is 17.4. The Kier molecular flexibility index (Phi) is 4.53. The number of rotatable bonds is 5. The van der Waals surface area contributed by atoms with Crippen LogP contribution in [-0.2, 0) is 4.79 Å². The number of aliphatic carboxylic acids is 1. The molecule has 1 aromatic carbocycles. The number of hydrogen-bond acceptors (Lipinski definition) is 3. The van der Waals surface area contributed by atoms with Crippen LogP contribution in [0.3, 0.4) is 0 Å². The summed E-state index contributed by atoms with van der Waals surface area (Å²) in [6.45, 7) is 4.53. The van der Waals surface area contributed by atoms with Crippen molar-refractivity contribution < 1.29 is 9.90 Å². The molecule has 0 radical (unpaired) electrons. The zero-order valence-electron chi connectivity index (χ0n) is 10.1. The summed E-state index contributed by atoms with van der Waals surface area (Å²) < 4.78 is 0. The van der Waals surface area contributed by atoms with Crippen molar-refractivity contribution >= 4 is 11.7 Å². The van der Waals surface area contributed by atoms with Crippen LogP contribution in [0.1, 0.15) is 17.5 Å². The topological polar surface area (TPSA) is 64.3 Å². The largest absolute Gasteiger partial charge is 0.481 e. The molecule has 0 saturated heterocycles. The molecule has 1 aromatic rings. The Morgan fingerprint density at radius 1 is 1.35 bits per heavy atom. The summed E-state index contributed by atoms with van der Waals surface area (Å²) in [6.07, 6.45) is 0.0364. The van der Waals surface area contributed by atoms with Crippen molar-refractivity contribution in [3.63, 3.8) is 0 Å². The van der Waals surface area contributed by atoms with Crippen molar-refractivity contribution in [1.82, 2.24) is 0 Å². The van der Waals surface area contributed by atoms with E-state index in [1.807, 2.05) is 32.0 Å². The van der Waals surface area contributed by atoms with Crippen LogP contribution in [-0.4, -0.2) is 24.2 Å². The molecule has 0 amide bonds. The van der Waals surface area contributed by atoms with Crippen LogP contribution in [0.25, 0.3) is 0 Å². The molecule has 1 rings (SSSR count). The second-order valence-electron chi connectivity index (χ2n) is 4.07. The predicted octanol–water partition coefficient (Wildman–Crippen LogP) is 2.11. The van der Waals surface area contributed by atoms with Gasteiger partial charge in [-0.15, -0.1) is 0 Å². The van der Waals surface area contributed by atoms with E-state index in [0.29, 0.717) is 6.54 Å². The van der Waals surface area contributed by atoms with Gasteiger partial charge in [0.25, 0.3) is 0 Å². The molecule has 17 heavy (non-hydrogen) atoms. The molecule has 90 valence electrons. The summed E-state index contributed by atoms with van der Waals surface area (Å²) in [5.41, 5.74) is 3.13. The third-order valence-corrected chi connectivity index (χ3v) is 2.43. The second-order valence-corrected chi connectivity index (χ2v) is 4.07. The Labute approximate surface area is 101 Å². The van der Waals surface area contributed by atoms with Crippen LogP contribution in [0.4, 0.5) is 5.69 Å². The fourth-order valence-electron chi connectivity index (χ4n) is 1.75. The number of aryl methyl sites for hydroxylation is 2. The first-order chi connectivity index (χ1) is 8.02. The molecule has 0 aliphatic carbocycles. The van der Waals surface area contributed by atoms with Crippen molar-refractivity contribution in [1.29, 1.82) is 5.26 Å². The van der Waals surface area contributed by atoms with Crippen LogP contribution < -0.4 is 4.90 Å². The van der Waals surface area contributed by atoms with Gasteiger partial charge in [-0.1, -0.05) is 6.07 Å². The van der Waals surface area contributed by atoms with Crippen LogP contribution in [0.2, 0.25) is 0 Å². The van der Waals surface area contributed by atoms with Gasteiger partial charge in [-0.3, -0.25) is 4.79 Å². The highest BCUT2D eigenvalue weighted by molar-refractivity contribution is 5.67. The fourth-order valence-corrected chi connectivity index (χ4v) is 1.75. The molecule has 0 spiro atoms. The van der Waals surface area contributed by atoms with E-state index in [4.69, 9.17) is 10.4 Å². The minimum absolute atomic E-state index is 0.0364. The van der Waals surface area contributed by atoms with Gasteiger partial charge >= 0.3 is 5.97 Å². The Bertz CT molecular complexity index is 429. The van der Waals surface area contributed by atoms with Crippen LogP contribution in [0, 0.1) is 25.2 Å². The molecule has 0 bridgehead atoms. The van der Waals surface area contributed by atoms with Gasteiger partial charge in [0.2, 0.25) is 0 Å². The Balaban J connectivity index is 2.89. The number of benzene rings is 1. The molecule has 0 atom stereocenters. The zero-order valence-corrected chi connectivity index (χ0v) is 10.1. The van der Waals surface area contributed by atoms with Gasteiger partial charge in [0.15, 0.2) is 0 Å². The van der Waals surface area contributed by atoms with Crippen LogP contribution >= 0.6 is 0 Å². The molecule has 0 fully saturated rings. The van der Waals surface area contributed by atoms with E-state index in [0.717, 1.165) is 16.8 Å². The highest BCUT2D eigenvalue weighted by Crippen LogP contribution is 2.18. The summed E-state index contributed by atoms with van der Waals surface area (Å²) >= 11 is 0. The number of nitriles is 1. The maximum Gasteiger partial charge on any atom is 0.305 e. The van der Waals surface area contributed by atoms with Crippen molar-refractivity contribution in [2.45, 2.75) is 20.3 Å². The van der Waals surface area contributed by atoms with Gasteiger partial charge in [0.05, 0.1) is 12.5 Å². The minimum atomic E-state index is -0.850.